The fraction of sp³-hybridized carbons (Fsp3) is 0.583. The Hall–Kier alpha value is -0.590. The number of carbonyl (C=O) groups excluding carboxylic acids is 1. The molecule has 2 amide bonds. The molecule has 1 unspecified atom stereocenters. The summed E-state index contributed by atoms with van der Waals surface area (Å²) in [6, 6.07) is 3.95. The van der Waals surface area contributed by atoms with E-state index in [4.69, 9.17) is 5.11 Å². The van der Waals surface area contributed by atoms with Gasteiger partial charge in [-0.05, 0) is 46.8 Å². The van der Waals surface area contributed by atoms with Crippen LogP contribution < -0.4 is 5.32 Å². The van der Waals surface area contributed by atoms with Crippen LogP contribution in [-0.4, -0.2) is 35.7 Å². The molecule has 1 atom stereocenters. The molecule has 1 aromatic heterocycles. The lowest BCUT2D eigenvalue weighted by Gasteiger charge is -2.31. The number of thiophene rings is 1. The van der Waals surface area contributed by atoms with E-state index in [2.05, 4.69) is 21.2 Å². The molecule has 0 aliphatic carbocycles. The number of nitrogens with zero attached hydrogens (tertiary/aromatic N) is 1. The lowest BCUT2D eigenvalue weighted by molar-refractivity contribution is 0.129. The number of piperidine rings is 1. The number of hydrogen-bond donors (Lipinski definition) is 2. The first-order chi connectivity index (χ1) is 8.69. The molecule has 0 bridgehead atoms. The van der Waals surface area contributed by atoms with Crippen LogP contribution in [0.3, 0.4) is 0 Å². The van der Waals surface area contributed by atoms with Crippen molar-refractivity contribution in [1.82, 2.24) is 10.2 Å². The Bertz CT molecular complexity index is 411. The van der Waals surface area contributed by atoms with Crippen molar-refractivity contribution in [2.24, 2.45) is 5.92 Å². The van der Waals surface area contributed by atoms with E-state index < -0.39 is 0 Å². The average Bonchev–Trinajstić information content (AvgIpc) is 2.82. The first kappa shape index (κ1) is 13.8. The fourth-order valence-electron chi connectivity index (χ4n) is 2.12. The smallest absolute Gasteiger partial charge is 0.317 e. The number of aliphatic hydroxyl groups is 1. The summed E-state index contributed by atoms with van der Waals surface area (Å²) in [7, 11) is 0. The maximum atomic E-state index is 12.0. The Labute approximate surface area is 119 Å². The molecular weight excluding hydrogens is 316 g/mol. The Morgan fingerprint density at radius 2 is 2.44 bits per heavy atom. The van der Waals surface area contributed by atoms with Gasteiger partial charge in [-0.1, -0.05) is 0 Å². The number of halogens is 1. The van der Waals surface area contributed by atoms with Gasteiger partial charge in [0.05, 0.1) is 10.3 Å². The minimum atomic E-state index is -0.0299. The maximum Gasteiger partial charge on any atom is 0.317 e. The highest BCUT2D eigenvalue weighted by atomic mass is 79.9. The van der Waals surface area contributed by atoms with Crippen LogP contribution in [0.4, 0.5) is 4.79 Å². The topological polar surface area (TPSA) is 52.6 Å². The van der Waals surface area contributed by atoms with E-state index in [0.29, 0.717) is 13.1 Å². The molecule has 2 heterocycles. The molecule has 1 fully saturated rings. The molecule has 0 saturated carbocycles. The highest BCUT2D eigenvalue weighted by Crippen LogP contribution is 2.22. The Morgan fingerprint density at radius 3 is 3.11 bits per heavy atom. The van der Waals surface area contributed by atoms with E-state index in [9.17, 15) is 4.79 Å². The van der Waals surface area contributed by atoms with E-state index in [1.54, 1.807) is 16.2 Å². The van der Waals surface area contributed by atoms with Gasteiger partial charge in [-0.3, -0.25) is 0 Å². The van der Waals surface area contributed by atoms with Crippen molar-refractivity contribution in [2.75, 3.05) is 19.7 Å². The van der Waals surface area contributed by atoms with E-state index >= 15 is 0 Å². The van der Waals surface area contributed by atoms with Crippen molar-refractivity contribution in [2.45, 2.75) is 19.4 Å². The third kappa shape index (κ3) is 3.70. The average molecular weight is 333 g/mol. The van der Waals surface area contributed by atoms with Gasteiger partial charge in [0.25, 0.3) is 0 Å². The van der Waals surface area contributed by atoms with Crippen molar-refractivity contribution < 1.29 is 9.90 Å². The molecule has 2 N–H and O–H groups in total. The molecule has 4 nitrogen and oxygen atoms in total. The van der Waals surface area contributed by atoms with Crippen LogP contribution >= 0.6 is 27.3 Å². The summed E-state index contributed by atoms with van der Waals surface area (Å²) in [5, 5.41) is 12.1. The highest BCUT2D eigenvalue weighted by Gasteiger charge is 2.22. The monoisotopic (exact) mass is 332 g/mol. The zero-order valence-corrected chi connectivity index (χ0v) is 12.5. The summed E-state index contributed by atoms with van der Waals surface area (Å²) in [5.74, 6) is 0.236. The van der Waals surface area contributed by atoms with Crippen LogP contribution in [0.1, 0.15) is 17.7 Å². The lowest BCUT2D eigenvalue weighted by Crippen LogP contribution is -2.45. The van der Waals surface area contributed by atoms with Crippen molar-refractivity contribution >= 4 is 33.3 Å². The van der Waals surface area contributed by atoms with Crippen molar-refractivity contribution in [1.29, 1.82) is 0 Å². The van der Waals surface area contributed by atoms with Crippen LogP contribution in [0, 0.1) is 5.92 Å². The number of likely N-dealkylation sites (tertiary alicyclic amines) is 1. The molecule has 6 heteroatoms. The van der Waals surface area contributed by atoms with Gasteiger partial charge in [-0.15, -0.1) is 11.3 Å². The molecular formula is C12H17BrN2O2S. The molecule has 1 aromatic rings. The lowest BCUT2D eigenvalue weighted by atomic mass is 9.99. The molecule has 0 aromatic carbocycles. The standard InChI is InChI=1S/C12H17BrN2O2S/c13-11-4-3-10(18-11)6-14-12(17)15-5-1-2-9(7-15)8-16/h3-4,9,16H,1-2,5-8H2,(H,14,17). The Morgan fingerprint density at radius 1 is 1.61 bits per heavy atom. The van der Waals surface area contributed by atoms with Crippen LogP contribution in [0.15, 0.2) is 15.9 Å². The van der Waals surface area contributed by atoms with Gasteiger partial charge in [-0.25, -0.2) is 4.79 Å². The Kier molecular flexibility index (Phi) is 5.03. The second kappa shape index (κ2) is 6.54. The molecule has 1 aliphatic rings. The summed E-state index contributed by atoms with van der Waals surface area (Å²) in [4.78, 5) is 14.9. The minimum Gasteiger partial charge on any atom is -0.396 e. The van der Waals surface area contributed by atoms with Gasteiger partial charge in [0.1, 0.15) is 0 Å². The third-order valence-electron chi connectivity index (χ3n) is 3.11. The van der Waals surface area contributed by atoms with E-state index in [-0.39, 0.29) is 18.6 Å². The van der Waals surface area contributed by atoms with Crippen LogP contribution in [0.2, 0.25) is 0 Å². The SMILES string of the molecule is O=C(NCc1ccc(Br)s1)N1CCCC(CO)C1. The van der Waals surface area contributed by atoms with Crippen LogP contribution in [-0.2, 0) is 6.54 Å². The summed E-state index contributed by atoms with van der Waals surface area (Å²) in [5.41, 5.74) is 0. The van der Waals surface area contributed by atoms with E-state index in [0.717, 1.165) is 28.0 Å². The normalized spacial score (nSPS) is 19.9. The van der Waals surface area contributed by atoms with Gasteiger partial charge in [0.2, 0.25) is 0 Å². The Balaban J connectivity index is 1.80. The van der Waals surface area contributed by atoms with Gasteiger partial charge in [-0.2, -0.15) is 0 Å². The van der Waals surface area contributed by atoms with Crippen molar-refractivity contribution in [3.63, 3.8) is 0 Å². The molecule has 100 valence electrons. The molecule has 2 rings (SSSR count). The fourth-order valence-corrected chi connectivity index (χ4v) is 3.54. The van der Waals surface area contributed by atoms with Crippen molar-refractivity contribution in [3.8, 4) is 0 Å². The van der Waals surface area contributed by atoms with Crippen molar-refractivity contribution in [3.05, 3.63) is 20.8 Å². The quantitative estimate of drug-likeness (QED) is 0.893. The molecule has 1 saturated heterocycles. The molecule has 1 aliphatic heterocycles. The summed E-state index contributed by atoms with van der Waals surface area (Å²) < 4.78 is 1.07. The predicted octanol–water partition coefficient (Wildman–Crippen LogP) is 2.42. The predicted molar refractivity (Wildman–Crippen MR) is 75.6 cm³/mol. The van der Waals surface area contributed by atoms with E-state index in [1.807, 2.05) is 12.1 Å². The summed E-state index contributed by atoms with van der Waals surface area (Å²) in [6.07, 6.45) is 1.99. The van der Waals surface area contributed by atoms with Gasteiger partial charge in [0, 0.05) is 24.6 Å². The van der Waals surface area contributed by atoms with Crippen LogP contribution in [0.25, 0.3) is 0 Å². The highest BCUT2D eigenvalue weighted by molar-refractivity contribution is 9.11. The number of rotatable bonds is 3. The van der Waals surface area contributed by atoms with E-state index in [1.165, 1.54) is 0 Å². The number of urea groups is 1. The van der Waals surface area contributed by atoms with Gasteiger partial charge in [0.15, 0.2) is 0 Å². The minimum absolute atomic E-state index is 0.0299. The first-order valence-electron chi connectivity index (χ1n) is 6.07. The second-order valence-electron chi connectivity index (χ2n) is 4.50. The number of amides is 2. The summed E-state index contributed by atoms with van der Waals surface area (Å²) >= 11 is 5.03. The second-order valence-corrected chi connectivity index (χ2v) is 7.05. The maximum absolute atomic E-state index is 12.0. The molecule has 0 radical (unpaired) electrons. The zero-order chi connectivity index (χ0) is 13.0. The largest absolute Gasteiger partial charge is 0.396 e. The number of nitrogens with one attached hydrogen (secondary N) is 1. The third-order valence-corrected chi connectivity index (χ3v) is 4.73. The molecule has 18 heavy (non-hydrogen) atoms. The number of hydrogen-bond acceptors (Lipinski definition) is 3. The number of aliphatic hydroxyl groups excluding tert-OH is 1. The zero-order valence-electron chi connectivity index (χ0n) is 10.1. The number of carbonyl (C=O) groups is 1. The first-order valence-corrected chi connectivity index (χ1v) is 7.68. The summed E-state index contributed by atoms with van der Waals surface area (Å²) in [6.45, 7) is 2.18. The van der Waals surface area contributed by atoms with Gasteiger partial charge < -0.3 is 15.3 Å². The molecule has 0 spiro atoms. The van der Waals surface area contributed by atoms with Gasteiger partial charge >= 0.3 is 6.03 Å². The van der Waals surface area contributed by atoms with Crippen LogP contribution in [0.5, 0.6) is 0 Å².